The molecule has 0 radical (unpaired) electrons. The summed E-state index contributed by atoms with van der Waals surface area (Å²) in [7, 11) is 1.57. The molecule has 144 valence electrons. The van der Waals surface area contributed by atoms with E-state index in [2.05, 4.69) is 10.6 Å². The number of hydrogen-bond acceptors (Lipinski definition) is 6. The van der Waals surface area contributed by atoms with Crippen LogP contribution < -0.4 is 15.4 Å². The summed E-state index contributed by atoms with van der Waals surface area (Å²) in [5.41, 5.74) is 1.22. The molecule has 1 aliphatic rings. The topological polar surface area (TPSA) is 103 Å². The summed E-state index contributed by atoms with van der Waals surface area (Å²) in [6.07, 6.45) is 2.85. The fraction of sp³-hybridized carbons (Fsp3) is 0.316. The monoisotopic (exact) mass is 374 g/mol. The van der Waals surface area contributed by atoms with Gasteiger partial charge < -0.3 is 24.8 Å². The second-order valence-corrected chi connectivity index (χ2v) is 5.65. The molecular formula is C19H22N2O6. The number of benzene rings is 1. The summed E-state index contributed by atoms with van der Waals surface area (Å²) in [4.78, 5) is 35.7. The first-order valence-corrected chi connectivity index (χ1v) is 8.41. The van der Waals surface area contributed by atoms with E-state index in [1.165, 1.54) is 6.08 Å². The number of amides is 2. The van der Waals surface area contributed by atoms with Crippen LogP contribution >= 0.6 is 0 Å². The number of carbonyl (C=O) groups excluding carboxylic acids is 3. The molecule has 27 heavy (non-hydrogen) atoms. The lowest BCUT2D eigenvalue weighted by molar-refractivity contribution is -0.140. The second-order valence-electron chi connectivity index (χ2n) is 5.65. The van der Waals surface area contributed by atoms with Gasteiger partial charge in [-0.25, -0.2) is 14.4 Å². The van der Waals surface area contributed by atoms with Crippen LogP contribution in [0.3, 0.4) is 0 Å². The molecule has 8 heteroatoms. The van der Waals surface area contributed by atoms with E-state index < -0.39 is 24.0 Å². The molecule has 2 N–H and O–H groups in total. The second kappa shape index (κ2) is 9.42. The number of urea groups is 1. The molecule has 1 atom stereocenters. The average molecular weight is 374 g/mol. The Kier molecular flexibility index (Phi) is 6.99. The van der Waals surface area contributed by atoms with Crippen molar-refractivity contribution in [2.24, 2.45) is 0 Å². The predicted molar refractivity (Wildman–Crippen MR) is 97.8 cm³/mol. The van der Waals surface area contributed by atoms with Gasteiger partial charge in [-0.1, -0.05) is 12.1 Å². The van der Waals surface area contributed by atoms with Gasteiger partial charge in [-0.3, -0.25) is 0 Å². The van der Waals surface area contributed by atoms with Gasteiger partial charge in [0, 0.05) is 6.08 Å². The molecule has 2 rings (SSSR count). The van der Waals surface area contributed by atoms with E-state index in [1.807, 2.05) is 0 Å². The van der Waals surface area contributed by atoms with Crippen LogP contribution in [0.25, 0.3) is 6.08 Å². The highest BCUT2D eigenvalue weighted by Gasteiger charge is 2.30. The maximum absolute atomic E-state index is 12.1. The van der Waals surface area contributed by atoms with Gasteiger partial charge in [-0.2, -0.15) is 0 Å². The maximum Gasteiger partial charge on any atom is 0.338 e. The lowest BCUT2D eigenvalue weighted by Gasteiger charge is -2.26. The normalized spacial score (nSPS) is 16.6. The first-order valence-electron chi connectivity index (χ1n) is 8.41. The molecule has 1 heterocycles. The Bertz CT molecular complexity index is 767. The molecule has 1 aromatic carbocycles. The maximum atomic E-state index is 12.1. The molecule has 0 fully saturated rings. The highest BCUT2D eigenvalue weighted by molar-refractivity contribution is 5.95. The van der Waals surface area contributed by atoms with Crippen molar-refractivity contribution in [2.75, 3.05) is 20.3 Å². The highest BCUT2D eigenvalue weighted by atomic mass is 16.5. The SMILES string of the molecule is CCOC(=O)C1=C(COC(=O)/C=C/c2ccc(OC)cc2)NC(=O)NC1C. The van der Waals surface area contributed by atoms with Crippen LogP contribution in [0.4, 0.5) is 4.79 Å². The molecule has 0 saturated heterocycles. The minimum Gasteiger partial charge on any atom is -0.497 e. The number of ether oxygens (including phenoxy) is 3. The van der Waals surface area contributed by atoms with Gasteiger partial charge in [0.2, 0.25) is 0 Å². The first-order chi connectivity index (χ1) is 12.9. The molecule has 0 saturated carbocycles. The van der Waals surface area contributed by atoms with Crippen LogP contribution in [0.1, 0.15) is 19.4 Å². The summed E-state index contributed by atoms with van der Waals surface area (Å²) in [6.45, 7) is 3.27. The van der Waals surface area contributed by atoms with Gasteiger partial charge in [0.05, 0.1) is 31.0 Å². The van der Waals surface area contributed by atoms with Crippen LogP contribution in [0.15, 0.2) is 41.6 Å². The molecule has 0 aromatic heterocycles. The Labute approximate surface area is 157 Å². The fourth-order valence-corrected chi connectivity index (χ4v) is 2.46. The van der Waals surface area contributed by atoms with Gasteiger partial charge in [-0.05, 0) is 37.6 Å². The van der Waals surface area contributed by atoms with E-state index in [9.17, 15) is 14.4 Å². The van der Waals surface area contributed by atoms with Gasteiger partial charge in [0.15, 0.2) is 0 Å². The Morgan fingerprint density at radius 3 is 2.52 bits per heavy atom. The van der Waals surface area contributed by atoms with E-state index in [0.717, 1.165) is 5.56 Å². The molecule has 1 aliphatic heterocycles. The summed E-state index contributed by atoms with van der Waals surface area (Å²) in [5.74, 6) is -0.469. The Morgan fingerprint density at radius 1 is 1.19 bits per heavy atom. The summed E-state index contributed by atoms with van der Waals surface area (Å²) >= 11 is 0. The molecule has 2 amide bonds. The largest absolute Gasteiger partial charge is 0.497 e. The highest BCUT2D eigenvalue weighted by Crippen LogP contribution is 2.15. The number of rotatable bonds is 7. The third-order valence-electron chi connectivity index (χ3n) is 3.75. The van der Waals surface area contributed by atoms with Crippen LogP contribution in [0.5, 0.6) is 5.75 Å². The van der Waals surface area contributed by atoms with Crippen molar-refractivity contribution in [3.8, 4) is 5.75 Å². The third kappa shape index (κ3) is 5.60. The van der Waals surface area contributed by atoms with Crippen molar-refractivity contribution in [2.45, 2.75) is 19.9 Å². The lowest BCUT2D eigenvalue weighted by atomic mass is 10.0. The fourth-order valence-electron chi connectivity index (χ4n) is 2.46. The number of hydrogen-bond donors (Lipinski definition) is 2. The van der Waals surface area contributed by atoms with Crippen molar-refractivity contribution in [1.29, 1.82) is 0 Å². The molecule has 1 aromatic rings. The quantitative estimate of drug-likeness (QED) is 0.557. The molecular weight excluding hydrogens is 352 g/mol. The first kappa shape index (κ1) is 20.0. The molecule has 0 bridgehead atoms. The van der Waals surface area contributed by atoms with Gasteiger partial charge in [0.1, 0.15) is 12.4 Å². The molecule has 1 unspecified atom stereocenters. The van der Waals surface area contributed by atoms with Crippen LogP contribution in [-0.4, -0.2) is 44.3 Å². The number of methoxy groups -OCH3 is 1. The van der Waals surface area contributed by atoms with Crippen molar-refractivity contribution < 1.29 is 28.6 Å². The van der Waals surface area contributed by atoms with Gasteiger partial charge in [-0.15, -0.1) is 0 Å². The molecule has 0 aliphatic carbocycles. The van der Waals surface area contributed by atoms with E-state index in [-0.39, 0.29) is 24.5 Å². The number of nitrogens with one attached hydrogen (secondary N) is 2. The van der Waals surface area contributed by atoms with Gasteiger partial charge >= 0.3 is 18.0 Å². The van der Waals surface area contributed by atoms with E-state index >= 15 is 0 Å². The predicted octanol–water partition coefficient (Wildman–Crippen LogP) is 1.77. The summed E-state index contributed by atoms with van der Waals surface area (Å²) in [6, 6.07) is 6.09. The van der Waals surface area contributed by atoms with E-state index in [0.29, 0.717) is 5.75 Å². The third-order valence-corrected chi connectivity index (χ3v) is 3.75. The van der Waals surface area contributed by atoms with Crippen molar-refractivity contribution in [3.05, 3.63) is 47.2 Å². The van der Waals surface area contributed by atoms with Crippen molar-refractivity contribution in [1.82, 2.24) is 10.6 Å². The van der Waals surface area contributed by atoms with Crippen molar-refractivity contribution >= 4 is 24.0 Å². The Morgan fingerprint density at radius 2 is 1.89 bits per heavy atom. The Balaban J connectivity index is 2.03. The van der Waals surface area contributed by atoms with Crippen LogP contribution in [-0.2, 0) is 19.1 Å². The zero-order valence-electron chi connectivity index (χ0n) is 15.4. The molecule has 0 spiro atoms. The van der Waals surface area contributed by atoms with Gasteiger partial charge in [0.25, 0.3) is 0 Å². The zero-order valence-corrected chi connectivity index (χ0v) is 15.4. The minimum atomic E-state index is -0.609. The average Bonchev–Trinajstić information content (AvgIpc) is 2.64. The minimum absolute atomic E-state index is 0.195. The molecule has 8 nitrogen and oxygen atoms in total. The lowest BCUT2D eigenvalue weighted by Crippen LogP contribution is -2.50. The smallest absolute Gasteiger partial charge is 0.338 e. The Hall–Kier alpha value is -3.29. The van der Waals surface area contributed by atoms with E-state index in [1.54, 1.807) is 51.3 Å². The summed E-state index contributed by atoms with van der Waals surface area (Å²) < 4.78 is 15.2. The van der Waals surface area contributed by atoms with Crippen LogP contribution in [0.2, 0.25) is 0 Å². The van der Waals surface area contributed by atoms with Crippen LogP contribution in [0, 0.1) is 0 Å². The number of esters is 2. The van der Waals surface area contributed by atoms with Crippen molar-refractivity contribution in [3.63, 3.8) is 0 Å². The van der Waals surface area contributed by atoms with E-state index in [4.69, 9.17) is 14.2 Å². The standard InChI is InChI=1S/C19H22N2O6/c1-4-26-18(23)17-12(2)20-19(24)21-15(17)11-27-16(22)10-7-13-5-8-14(25-3)9-6-13/h5-10,12H,4,11H2,1-3H3,(H2,20,21,24)/b10-7+. The number of carbonyl (C=O) groups is 3. The summed E-state index contributed by atoms with van der Waals surface area (Å²) in [5, 5.41) is 5.06. The zero-order chi connectivity index (χ0) is 19.8.